The van der Waals surface area contributed by atoms with Crippen LogP contribution in [0.25, 0.3) is 0 Å². The zero-order chi connectivity index (χ0) is 9.68. The van der Waals surface area contributed by atoms with Crippen molar-refractivity contribution in [2.75, 3.05) is 0 Å². The molecule has 0 spiro atoms. The van der Waals surface area contributed by atoms with Crippen LogP contribution in [0.2, 0.25) is 0 Å². The number of carbonyl (C=O) groups is 1. The van der Waals surface area contributed by atoms with Crippen LogP contribution in [-0.4, -0.2) is 5.97 Å². The molecule has 0 atom stereocenters. The van der Waals surface area contributed by atoms with Crippen LogP contribution >= 0.6 is 0 Å². The molecular weight excluding hydrogens is 175 g/mol. The van der Waals surface area contributed by atoms with Gasteiger partial charge in [0, 0.05) is 6.42 Å². The summed E-state index contributed by atoms with van der Waals surface area (Å²) < 4.78 is 12.4. The maximum Gasteiger partial charge on any atom is 0.355 e. The minimum Gasteiger partial charge on any atom is -0.287 e. The van der Waals surface area contributed by atoms with Gasteiger partial charge < -0.3 is 0 Å². The highest BCUT2D eigenvalue weighted by atomic mass is 19.1. The summed E-state index contributed by atoms with van der Waals surface area (Å²) >= 11 is 0. The number of carbonyl (C=O) groups excluding carboxylic acids is 1. The minimum absolute atomic E-state index is 0.237. The second kappa shape index (κ2) is 4.45. The summed E-state index contributed by atoms with van der Waals surface area (Å²) in [5.41, 5.74) is 0. The summed E-state index contributed by atoms with van der Waals surface area (Å²) in [6, 6.07) is 5.18. The van der Waals surface area contributed by atoms with E-state index < -0.39 is 5.97 Å². The minimum atomic E-state index is -0.468. The lowest BCUT2D eigenvalue weighted by Crippen LogP contribution is -2.05. The lowest BCUT2D eigenvalue weighted by atomic mass is 10.3. The number of hydrogen-bond acceptors (Lipinski definition) is 3. The summed E-state index contributed by atoms with van der Waals surface area (Å²) in [5, 5.41) is 0. The van der Waals surface area contributed by atoms with Crippen molar-refractivity contribution in [1.82, 2.24) is 0 Å². The van der Waals surface area contributed by atoms with Crippen molar-refractivity contribution in [1.29, 1.82) is 0 Å². The van der Waals surface area contributed by atoms with E-state index in [9.17, 15) is 9.18 Å². The highest BCUT2D eigenvalue weighted by Gasteiger charge is 2.01. The summed E-state index contributed by atoms with van der Waals surface area (Å²) in [5.74, 6) is -0.540. The Bertz CT molecular complexity index is 281. The molecular formula is C9H9FO3. The molecule has 0 fully saturated rings. The van der Waals surface area contributed by atoms with Crippen molar-refractivity contribution < 1.29 is 19.0 Å². The van der Waals surface area contributed by atoms with Crippen molar-refractivity contribution in [3.63, 3.8) is 0 Å². The zero-order valence-corrected chi connectivity index (χ0v) is 7.12. The fourth-order valence-corrected chi connectivity index (χ4v) is 0.644. The Balaban J connectivity index is 2.46. The van der Waals surface area contributed by atoms with Gasteiger partial charge in [0.15, 0.2) is 5.75 Å². The highest BCUT2D eigenvalue weighted by molar-refractivity contribution is 5.68. The Morgan fingerprint density at radius 1 is 1.38 bits per heavy atom. The van der Waals surface area contributed by atoms with E-state index in [4.69, 9.17) is 0 Å². The Morgan fingerprint density at radius 2 is 2.00 bits per heavy atom. The van der Waals surface area contributed by atoms with Gasteiger partial charge in [-0.3, -0.25) is 9.78 Å². The van der Waals surface area contributed by atoms with Gasteiger partial charge >= 0.3 is 5.97 Å². The first-order valence-corrected chi connectivity index (χ1v) is 3.85. The van der Waals surface area contributed by atoms with Gasteiger partial charge in [-0.25, -0.2) is 9.18 Å². The van der Waals surface area contributed by atoms with Crippen molar-refractivity contribution in [2.24, 2.45) is 0 Å². The molecule has 70 valence electrons. The fourth-order valence-electron chi connectivity index (χ4n) is 0.644. The molecule has 0 unspecified atom stereocenters. The first-order valence-electron chi connectivity index (χ1n) is 3.85. The quantitative estimate of drug-likeness (QED) is 0.532. The van der Waals surface area contributed by atoms with Gasteiger partial charge in [-0.15, -0.1) is 0 Å². The largest absolute Gasteiger partial charge is 0.355 e. The first-order chi connectivity index (χ1) is 6.22. The molecule has 0 aliphatic heterocycles. The monoisotopic (exact) mass is 184 g/mol. The molecule has 0 aliphatic carbocycles. The number of hydrogen-bond donors (Lipinski definition) is 0. The van der Waals surface area contributed by atoms with Crippen LogP contribution in [-0.2, 0) is 9.68 Å². The maximum absolute atomic E-state index is 12.4. The topological polar surface area (TPSA) is 35.5 Å². The number of halogens is 1. The average Bonchev–Trinajstić information content (AvgIpc) is 2.16. The van der Waals surface area contributed by atoms with Gasteiger partial charge in [-0.05, 0) is 24.3 Å². The van der Waals surface area contributed by atoms with E-state index in [2.05, 4.69) is 9.78 Å². The van der Waals surface area contributed by atoms with Gasteiger partial charge in [0.1, 0.15) is 5.82 Å². The molecule has 0 bridgehead atoms. The lowest BCUT2D eigenvalue weighted by Gasteiger charge is -2.01. The molecule has 0 aromatic heterocycles. The third kappa shape index (κ3) is 3.11. The molecule has 0 radical (unpaired) electrons. The van der Waals surface area contributed by atoms with E-state index >= 15 is 0 Å². The molecule has 0 amide bonds. The highest BCUT2D eigenvalue weighted by Crippen LogP contribution is 2.11. The van der Waals surface area contributed by atoms with E-state index in [1.807, 2.05) is 0 Å². The molecule has 1 rings (SSSR count). The molecule has 4 heteroatoms. The van der Waals surface area contributed by atoms with Gasteiger partial charge in [-0.1, -0.05) is 6.92 Å². The summed E-state index contributed by atoms with van der Waals surface area (Å²) in [6.07, 6.45) is 0.237. The fraction of sp³-hybridized carbons (Fsp3) is 0.222. The zero-order valence-electron chi connectivity index (χ0n) is 7.12. The predicted octanol–water partition coefficient (Wildman–Crippen LogP) is 2.07. The summed E-state index contributed by atoms with van der Waals surface area (Å²) in [4.78, 5) is 19.6. The van der Waals surface area contributed by atoms with Gasteiger partial charge in [0.25, 0.3) is 0 Å². The molecule has 3 nitrogen and oxygen atoms in total. The van der Waals surface area contributed by atoms with Crippen LogP contribution in [0.15, 0.2) is 24.3 Å². The van der Waals surface area contributed by atoms with Gasteiger partial charge in [-0.2, -0.15) is 0 Å². The molecule has 0 saturated heterocycles. The first kappa shape index (κ1) is 9.51. The molecule has 1 aromatic carbocycles. The van der Waals surface area contributed by atoms with Crippen LogP contribution in [0.4, 0.5) is 4.39 Å². The molecule has 13 heavy (non-hydrogen) atoms. The number of benzene rings is 1. The summed E-state index contributed by atoms with van der Waals surface area (Å²) in [7, 11) is 0. The van der Waals surface area contributed by atoms with E-state index in [1.165, 1.54) is 24.3 Å². The number of rotatable bonds is 3. The molecule has 0 heterocycles. The van der Waals surface area contributed by atoms with Crippen LogP contribution < -0.4 is 4.89 Å². The van der Waals surface area contributed by atoms with Crippen LogP contribution in [0, 0.1) is 5.82 Å². The summed E-state index contributed by atoms with van der Waals surface area (Å²) in [6.45, 7) is 1.65. The van der Waals surface area contributed by atoms with Crippen LogP contribution in [0.1, 0.15) is 13.3 Å². The van der Waals surface area contributed by atoms with Crippen LogP contribution in [0.3, 0.4) is 0 Å². The van der Waals surface area contributed by atoms with E-state index in [0.29, 0.717) is 5.75 Å². The Hall–Kier alpha value is -1.58. The Morgan fingerprint density at radius 3 is 2.54 bits per heavy atom. The van der Waals surface area contributed by atoms with Crippen LogP contribution in [0.5, 0.6) is 5.75 Å². The maximum atomic E-state index is 12.4. The third-order valence-corrected chi connectivity index (χ3v) is 1.33. The standard InChI is InChI=1S/C9H9FO3/c1-2-9(11)13-12-8-5-3-7(10)4-6-8/h3-6H,2H2,1H3. The van der Waals surface area contributed by atoms with Crippen molar-refractivity contribution >= 4 is 5.97 Å². The molecule has 0 aliphatic rings. The molecule has 1 aromatic rings. The second-order valence-electron chi connectivity index (χ2n) is 2.35. The Labute approximate surface area is 75.0 Å². The Kier molecular flexibility index (Phi) is 3.25. The van der Waals surface area contributed by atoms with Gasteiger partial charge in [0.05, 0.1) is 0 Å². The van der Waals surface area contributed by atoms with E-state index in [1.54, 1.807) is 6.92 Å². The van der Waals surface area contributed by atoms with E-state index in [0.717, 1.165) is 0 Å². The SMILES string of the molecule is CCC(=O)OOc1ccc(F)cc1. The molecule has 0 N–H and O–H groups in total. The normalized spacial score (nSPS) is 9.38. The lowest BCUT2D eigenvalue weighted by molar-refractivity contribution is -0.213. The average molecular weight is 184 g/mol. The van der Waals surface area contributed by atoms with Crippen molar-refractivity contribution in [3.8, 4) is 5.75 Å². The smallest absolute Gasteiger partial charge is 0.287 e. The third-order valence-electron chi connectivity index (χ3n) is 1.33. The second-order valence-corrected chi connectivity index (χ2v) is 2.35. The van der Waals surface area contributed by atoms with E-state index in [-0.39, 0.29) is 12.2 Å². The van der Waals surface area contributed by atoms with Gasteiger partial charge in [0.2, 0.25) is 0 Å². The van der Waals surface area contributed by atoms with Crippen molar-refractivity contribution in [3.05, 3.63) is 30.1 Å². The predicted molar refractivity (Wildman–Crippen MR) is 43.4 cm³/mol. The van der Waals surface area contributed by atoms with Crippen molar-refractivity contribution in [2.45, 2.75) is 13.3 Å². The molecule has 0 saturated carbocycles.